The summed E-state index contributed by atoms with van der Waals surface area (Å²) in [5.74, 6) is 0. The molecular weight excluding hydrogens is 208 g/mol. The van der Waals surface area contributed by atoms with E-state index >= 15 is 0 Å². The number of rotatable bonds is 0. The van der Waals surface area contributed by atoms with Crippen LogP contribution >= 0.6 is 11.3 Å². The van der Waals surface area contributed by atoms with Crippen LogP contribution in [0, 0.1) is 6.92 Å². The molecule has 15 heavy (non-hydrogen) atoms. The van der Waals surface area contributed by atoms with Gasteiger partial charge in [0, 0.05) is 10.8 Å². The summed E-state index contributed by atoms with van der Waals surface area (Å²) in [6.07, 6.45) is 0. The topological polar surface area (TPSA) is 45.8 Å². The van der Waals surface area contributed by atoms with Crippen LogP contribution in [0.1, 0.15) is 5.01 Å². The number of fused-ring (bicyclic) bond motifs is 3. The first-order valence-corrected chi connectivity index (χ1v) is 5.45. The Morgan fingerprint density at radius 3 is 2.80 bits per heavy atom. The summed E-state index contributed by atoms with van der Waals surface area (Å²) in [7, 11) is 0. The Bertz CT molecular complexity index is 711. The largest absolute Gasteiger partial charge is 0.312 e. The van der Waals surface area contributed by atoms with Gasteiger partial charge in [-0.15, -0.1) is 11.3 Å². The molecule has 74 valence electrons. The Kier molecular flexibility index (Phi) is 1.67. The molecule has 0 saturated heterocycles. The molecule has 0 amide bonds. The van der Waals surface area contributed by atoms with Gasteiger partial charge in [0.1, 0.15) is 10.3 Å². The first kappa shape index (κ1) is 8.61. The van der Waals surface area contributed by atoms with Gasteiger partial charge in [0.2, 0.25) is 0 Å². The maximum Gasteiger partial charge on any atom is 0.257 e. The van der Waals surface area contributed by atoms with Crippen molar-refractivity contribution in [3.8, 4) is 0 Å². The molecule has 0 unspecified atom stereocenters. The number of nitrogens with one attached hydrogen (secondary N) is 1. The third kappa shape index (κ3) is 1.18. The molecule has 0 atom stereocenters. The smallest absolute Gasteiger partial charge is 0.257 e. The number of pyridine rings is 1. The van der Waals surface area contributed by atoms with Crippen molar-refractivity contribution >= 4 is 32.5 Å². The minimum Gasteiger partial charge on any atom is -0.312 e. The molecule has 3 rings (SSSR count). The van der Waals surface area contributed by atoms with Crippen LogP contribution in [0.3, 0.4) is 0 Å². The predicted octanol–water partition coefficient (Wildman–Crippen LogP) is 2.45. The van der Waals surface area contributed by atoms with E-state index in [0.717, 1.165) is 20.7 Å². The first-order valence-electron chi connectivity index (χ1n) is 4.64. The van der Waals surface area contributed by atoms with Gasteiger partial charge in [0.15, 0.2) is 0 Å². The van der Waals surface area contributed by atoms with E-state index in [0.29, 0.717) is 5.39 Å². The molecule has 0 saturated carbocycles. The average Bonchev–Trinajstić information content (AvgIpc) is 2.59. The molecule has 0 radical (unpaired) electrons. The second kappa shape index (κ2) is 2.90. The lowest BCUT2D eigenvalue weighted by Gasteiger charge is -1.96. The van der Waals surface area contributed by atoms with Gasteiger partial charge in [-0.1, -0.05) is 18.2 Å². The Labute approximate surface area is 89.4 Å². The van der Waals surface area contributed by atoms with E-state index in [1.165, 1.54) is 11.3 Å². The second-order valence-electron chi connectivity index (χ2n) is 3.41. The van der Waals surface area contributed by atoms with Crippen LogP contribution in [0.15, 0.2) is 29.1 Å². The summed E-state index contributed by atoms with van der Waals surface area (Å²) in [6.45, 7) is 1.94. The van der Waals surface area contributed by atoms with Gasteiger partial charge < -0.3 is 4.98 Å². The Hall–Kier alpha value is -1.68. The predicted molar refractivity (Wildman–Crippen MR) is 62.5 cm³/mol. The molecule has 0 aliphatic rings. The quantitative estimate of drug-likeness (QED) is 0.627. The van der Waals surface area contributed by atoms with Crippen molar-refractivity contribution in [2.45, 2.75) is 6.92 Å². The van der Waals surface area contributed by atoms with Crippen LogP contribution < -0.4 is 5.56 Å². The van der Waals surface area contributed by atoms with Crippen molar-refractivity contribution in [3.05, 3.63) is 39.6 Å². The van der Waals surface area contributed by atoms with E-state index in [4.69, 9.17) is 0 Å². The van der Waals surface area contributed by atoms with Crippen LogP contribution in [0.2, 0.25) is 0 Å². The highest BCUT2D eigenvalue weighted by Gasteiger charge is 2.07. The summed E-state index contributed by atoms with van der Waals surface area (Å²) in [6, 6.07) is 7.55. The van der Waals surface area contributed by atoms with Gasteiger partial charge in [-0.25, -0.2) is 4.98 Å². The normalized spacial score (nSPS) is 11.3. The zero-order chi connectivity index (χ0) is 10.4. The molecule has 2 heterocycles. The highest BCUT2D eigenvalue weighted by Crippen LogP contribution is 2.24. The average molecular weight is 216 g/mol. The molecule has 0 aliphatic heterocycles. The van der Waals surface area contributed by atoms with E-state index in [-0.39, 0.29) is 5.56 Å². The number of hydrogen-bond donors (Lipinski definition) is 1. The van der Waals surface area contributed by atoms with Crippen LogP contribution in [-0.4, -0.2) is 9.97 Å². The van der Waals surface area contributed by atoms with Gasteiger partial charge >= 0.3 is 0 Å². The van der Waals surface area contributed by atoms with Crippen LogP contribution in [0.5, 0.6) is 0 Å². The number of aromatic nitrogens is 2. The first-order chi connectivity index (χ1) is 7.25. The minimum atomic E-state index is -0.0400. The SMILES string of the molecule is Cc1nc2c([nH]c(=O)c3ccccc32)s1. The van der Waals surface area contributed by atoms with Gasteiger partial charge in [-0.05, 0) is 13.0 Å². The highest BCUT2D eigenvalue weighted by molar-refractivity contribution is 7.18. The fraction of sp³-hybridized carbons (Fsp3) is 0.0909. The van der Waals surface area contributed by atoms with E-state index < -0.39 is 0 Å². The number of aromatic amines is 1. The van der Waals surface area contributed by atoms with Crippen molar-refractivity contribution in [1.29, 1.82) is 0 Å². The molecule has 0 bridgehead atoms. The lowest BCUT2D eigenvalue weighted by atomic mass is 10.1. The van der Waals surface area contributed by atoms with Crippen molar-refractivity contribution in [2.75, 3.05) is 0 Å². The zero-order valence-electron chi connectivity index (χ0n) is 8.07. The molecule has 4 heteroatoms. The molecule has 2 aromatic heterocycles. The molecule has 3 nitrogen and oxygen atoms in total. The molecule has 0 fully saturated rings. The number of hydrogen-bond acceptors (Lipinski definition) is 3. The van der Waals surface area contributed by atoms with Gasteiger partial charge in [0.05, 0.1) is 5.01 Å². The zero-order valence-corrected chi connectivity index (χ0v) is 8.89. The van der Waals surface area contributed by atoms with Crippen molar-refractivity contribution in [2.24, 2.45) is 0 Å². The van der Waals surface area contributed by atoms with Crippen LogP contribution in [-0.2, 0) is 0 Å². The lowest BCUT2D eigenvalue weighted by Crippen LogP contribution is -2.04. The number of H-pyrrole nitrogens is 1. The standard InChI is InChI=1S/C11H8N2OS/c1-6-12-9-7-4-2-3-5-8(7)10(14)13-11(9)15-6/h2-5H,1H3,(H,13,14). The summed E-state index contributed by atoms with van der Waals surface area (Å²) < 4.78 is 0. The van der Waals surface area contributed by atoms with Gasteiger partial charge in [-0.2, -0.15) is 0 Å². The van der Waals surface area contributed by atoms with Gasteiger partial charge in [-0.3, -0.25) is 4.79 Å². The maximum atomic E-state index is 11.7. The summed E-state index contributed by atoms with van der Waals surface area (Å²) in [5, 5.41) is 2.60. The van der Waals surface area contributed by atoms with Crippen LogP contribution in [0.25, 0.3) is 21.1 Å². The number of nitrogens with zero attached hydrogens (tertiary/aromatic N) is 1. The van der Waals surface area contributed by atoms with E-state index in [1.807, 2.05) is 31.2 Å². The number of aryl methyl sites for hydroxylation is 1. The molecule has 1 N–H and O–H groups in total. The second-order valence-corrected chi connectivity index (χ2v) is 4.61. The summed E-state index contributed by atoms with van der Waals surface area (Å²) >= 11 is 1.51. The molecule has 1 aromatic carbocycles. The minimum absolute atomic E-state index is 0.0400. The third-order valence-corrected chi connectivity index (χ3v) is 3.27. The number of benzene rings is 1. The Balaban J connectivity index is 2.69. The summed E-state index contributed by atoms with van der Waals surface area (Å²) in [5.41, 5.74) is 0.856. The van der Waals surface area contributed by atoms with Crippen LogP contribution in [0.4, 0.5) is 0 Å². The maximum absolute atomic E-state index is 11.7. The summed E-state index contributed by atoms with van der Waals surface area (Å²) in [4.78, 5) is 19.9. The Morgan fingerprint density at radius 1 is 1.27 bits per heavy atom. The highest BCUT2D eigenvalue weighted by atomic mass is 32.1. The van der Waals surface area contributed by atoms with E-state index in [2.05, 4.69) is 9.97 Å². The number of thiazole rings is 1. The third-order valence-electron chi connectivity index (χ3n) is 2.39. The monoisotopic (exact) mass is 216 g/mol. The lowest BCUT2D eigenvalue weighted by molar-refractivity contribution is 1.33. The van der Waals surface area contributed by atoms with E-state index in [9.17, 15) is 4.79 Å². The molecule has 0 spiro atoms. The molecular formula is C11H8N2OS. The molecule has 0 aliphatic carbocycles. The fourth-order valence-electron chi connectivity index (χ4n) is 1.75. The van der Waals surface area contributed by atoms with Gasteiger partial charge in [0.25, 0.3) is 5.56 Å². The fourth-order valence-corrected chi connectivity index (χ4v) is 2.58. The Morgan fingerprint density at radius 2 is 2.00 bits per heavy atom. The molecule has 3 aromatic rings. The van der Waals surface area contributed by atoms with Crippen molar-refractivity contribution in [3.63, 3.8) is 0 Å². The van der Waals surface area contributed by atoms with Crippen molar-refractivity contribution in [1.82, 2.24) is 9.97 Å². The van der Waals surface area contributed by atoms with E-state index in [1.54, 1.807) is 0 Å². The van der Waals surface area contributed by atoms with Crippen molar-refractivity contribution < 1.29 is 0 Å².